The van der Waals surface area contributed by atoms with Crippen LogP contribution in [0.1, 0.15) is 23.2 Å². The molecule has 0 aliphatic heterocycles. The van der Waals surface area contributed by atoms with Crippen molar-refractivity contribution in [3.63, 3.8) is 0 Å². The lowest BCUT2D eigenvalue weighted by Crippen LogP contribution is -1.98. The van der Waals surface area contributed by atoms with Crippen molar-refractivity contribution < 1.29 is 4.79 Å². The van der Waals surface area contributed by atoms with Crippen LogP contribution >= 0.6 is 38.5 Å². The van der Waals surface area contributed by atoms with Crippen molar-refractivity contribution in [1.82, 2.24) is 0 Å². The number of carbonyl (C=O) groups is 1. The van der Waals surface area contributed by atoms with Crippen molar-refractivity contribution in [2.24, 2.45) is 0 Å². The van der Waals surface area contributed by atoms with Gasteiger partial charge in [0.05, 0.1) is 0 Å². The fourth-order valence-electron chi connectivity index (χ4n) is 1.01. The van der Waals surface area contributed by atoms with Gasteiger partial charge in [-0.25, -0.2) is 0 Å². The summed E-state index contributed by atoms with van der Waals surface area (Å²) in [5.41, 5.74) is 0.821. The summed E-state index contributed by atoms with van der Waals surface area (Å²) in [6, 6.07) is 7.69. The predicted octanol–water partition coefficient (Wildman–Crippen LogP) is 3.65. The van der Waals surface area contributed by atoms with Crippen LogP contribution < -0.4 is 0 Å². The molecule has 0 heterocycles. The average Bonchev–Trinajstić information content (AvgIpc) is 2.15. The van der Waals surface area contributed by atoms with E-state index >= 15 is 0 Å². The number of rotatable bonds is 4. The lowest BCUT2D eigenvalue weighted by molar-refractivity contribution is 0.0982. The maximum atomic E-state index is 11.5. The van der Waals surface area contributed by atoms with Crippen LogP contribution in [0.5, 0.6) is 0 Å². The van der Waals surface area contributed by atoms with Gasteiger partial charge in [0.25, 0.3) is 0 Å². The van der Waals surface area contributed by atoms with Crippen molar-refractivity contribution in [1.29, 1.82) is 0 Å². The summed E-state index contributed by atoms with van der Waals surface area (Å²) in [4.78, 5) is 11.5. The number of ketones is 1. The molecule has 13 heavy (non-hydrogen) atoms. The summed E-state index contributed by atoms with van der Waals surface area (Å²) < 4.78 is 1.16. The molecule has 1 rings (SSSR count). The summed E-state index contributed by atoms with van der Waals surface area (Å²) in [6.07, 6.45) is 1.54. The van der Waals surface area contributed by atoms with Crippen LogP contribution in [0.3, 0.4) is 0 Å². The Kier molecular flexibility index (Phi) is 4.94. The van der Waals surface area contributed by atoms with E-state index in [1.165, 1.54) is 0 Å². The maximum Gasteiger partial charge on any atom is 0.162 e. The molecule has 0 aromatic heterocycles. The maximum absolute atomic E-state index is 11.5. The van der Waals surface area contributed by atoms with Gasteiger partial charge in [-0.15, -0.1) is 0 Å². The zero-order valence-electron chi connectivity index (χ0n) is 7.09. The van der Waals surface area contributed by atoms with Gasteiger partial charge in [0.1, 0.15) is 0 Å². The molecule has 3 heteroatoms. The Bertz CT molecular complexity index is 281. The Balaban J connectivity index is 2.61. The van der Waals surface area contributed by atoms with E-state index in [2.05, 4.69) is 38.5 Å². The van der Waals surface area contributed by atoms with E-state index in [0.29, 0.717) is 6.42 Å². The van der Waals surface area contributed by atoms with E-state index < -0.39 is 0 Å². The van der Waals surface area contributed by atoms with Gasteiger partial charge in [0.2, 0.25) is 0 Å². The molecule has 1 aromatic carbocycles. The van der Waals surface area contributed by atoms with E-state index in [9.17, 15) is 4.79 Å². The standard InChI is InChI=1S/C10H10BrIO/c11-7-1-2-10(13)8-3-5-9(12)6-4-8/h3-6H,1-2,7H2. The minimum atomic E-state index is 0.232. The number of alkyl halides is 1. The van der Waals surface area contributed by atoms with Crippen molar-refractivity contribution in [3.8, 4) is 0 Å². The molecule has 1 nitrogen and oxygen atoms in total. The molecular formula is C10H10BrIO. The fraction of sp³-hybridized carbons (Fsp3) is 0.300. The number of halogens is 2. The second kappa shape index (κ2) is 5.75. The van der Waals surface area contributed by atoms with Crippen molar-refractivity contribution in [2.45, 2.75) is 12.8 Å². The van der Waals surface area contributed by atoms with Gasteiger partial charge >= 0.3 is 0 Å². The quantitative estimate of drug-likeness (QED) is 0.459. The van der Waals surface area contributed by atoms with Crippen LogP contribution in [-0.4, -0.2) is 11.1 Å². The third-order valence-corrected chi connectivity index (χ3v) is 2.98. The lowest BCUT2D eigenvalue weighted by Gasteiger charge is -1.99. The highest BCUT2D eigenvalue weighted by molar-refractivity contribution is 14.1. The SMILES string of the molecule is O=C(CCCBr)c1ccc(I)cc1. The molecule has 0 saturated carbocycles. The Labute approximate surface area is 100 Å². The normalized spacial score (nSPS) is 10.0. The van der Waals surface area contributed by atoms with Gasteiger partial charge in [-0.1, -0.05) is 28.1 Å². The third-order valence-electron chi connectivity index (χ3n) is 1.70. The topological polar surface area (TPSA) is 17.1 Å². The van der Waals surface area contributed by atoms with E-state index in [4.69, 9.17) is 0 Å². The second-order valence-corrected chi connectivity index (χ2v) is 4.76. The summed E-state index contributed by atoms with van der Waals surface area (Å²) in [5.74, 6) is 0.232. The first-order valence-electron chi connectivity index (χ1n) is 4.09. The highest BCUT2D eigenvalue weighted by Crippen LogP contribution is 2.10. The largest absolute Gasteiger partial charge is 0.294 e. The fourth-order valence-corrected chi connectivity index (χ4v) is 1.65. The Morgan fingerprint density at radius 3 is 2.46 bits per heavy atom. The minimum Gasteiger partial charge on any atom is -0.294 e. The molecule has 0 atom stereocenters. The Hall–Kier alpha value is 0.1000. The van der Waals surface area contributed by atoms with Gasteiger partial charge in [-0.3, -0.25) is 4.79 Å². The first-order chi connectivity index (χ1) is 6.24. The zero-order chi connectivity index (χ0) is 9.68. The molecule has 0 radical (unpaired) electrons. The second-order valence-electron chi connectivity index (χ2n) is 2.72. The smallest absolute Gasteiger partial charge is 0.162 e. The van der Waals surface area contributed by atoms with Crippen molar-refractivity contribution >= 4 is 44.3 Å². The molecule has 1 aromatic rings. The highest BCUT2D eigenvalue weighted by Gasteiger charge is 2.03. The van der Waals surface area contributed by atoms with Gasteiger partial charge in [-0.05, 0) is 41.1 Å². The molecule has 0 unspecified atom stereocenters. The molecule has 0 spiro atoms. The molecule has 0 fully saturated rings. The monoisotopic (exact) mass is 352 g/mol. The number of carbonyl (C=O) groups excluding carboxylic acids is 1. The van der Waals surface area contributed by atoms with Crippen LogP contribution in [-0.2, 0) is 0 Å². The molecule has 0 aliphatic rings. The summed E-state index contributed by atoms with van der Waals surface area (Å²) >= 11 is 5.54. The van der Waals surface area contributed by atoms with Crippen LogP contribution in [0.4, 0.5) is 0 Å². The van der Waals surface area contributed by atoms with Gasteiger partial charge in [0.15, 0.2) is 5.78 Å². The van der Waals surface area contributed by atoms with Gasteiger partial charge in [-0.2, -0.15) is 0 Å². The zero-order valence-corrected chi connectivity index (χ0v) is 10.8. The van der Waals surface area contributed by atoms with Crippen LogP contribution in [0.2, 0.25) is 0 Å². The molecule has 0 saturated heterocycles. The van der Waals surface area contributed by atoms with Gasteiger partial charge in [0, 0.05) is 20.9 Å². The number of Topliss-reactive ketones (excluding diaryl/α,β-unsaturated/α-hetero) is 1. The Morgan fingerprint density at radius 2 is 1.92 bits per heavy atom. The van der Waals surface area contributed by atoms with Crippen molar-refractivity contribution in [3.05, 3.63) is 33.4 Å². The molecular weight excluding hydrogens is 343 g/mol. The lowest BCUT2D eigenvalue weighted by atomic mass is 10.1. The number of hydrogen-bond acceptors (Lipinski definition) is 1. The van der Waals surface area contributed by atoms with Crippen LogP contribution in [0, 0.1) is 3.57 Å². The minimum absolute atomic E-state index is 0.232. The number of benzene rings is 1. The average molecular weight is 353 g/mol. The van der Waals surface area contributed by atoms with Crippen LogP contribution in [0.15, 0.2) is 24.3 Å². The summed E-state index contributed by atoms with van der Waals surface area (Å²) in [7, 11) is 0. The van der Waals surface area contributed by atoms with Crippen molar-refractivity contribution in [2.75, 3.05) is 5.33 Å². The molecule has 0 aliphatic carbocycles. The molecule has 70 valence electrons. The summed E-state index contributed by atoms with van der Waals surface area (Å²) in [6.45, 7) is 0. The summed E-state index contributed by atoms with van der Waals surface area (Å²) in [5, 5.41) is 0.892. The first kappa shape index (κ1) is 11.2. The first-order valence-corrected chi connectivity index (χ1v) is 6.29. The molecule has 0 N–H and O–H groups in total. The predicted molar refractivity (Wildman–Crippen MR) is 66.5 cm³/mol. The van der Waals surface area contributed by atoms with E-state index in [1.807, 2.05) is 24.3 Å². The molecule has 0 amide bonds. The van der Waals surface area contributed by atoms with E-state index in [0.717, 1.165) is 20.9 Å². The highest BCUT2D eigenvalue weighted by atomic mass is 127. The Morgan fingerprint density at radius 1 is 1.31 bits per heavy atom. The van der Waals surface area contributed by atoms with Crippen LogP contribution in [0.25, 0.3) is 0 Å². The van der Waals surface area contributed by atoms with Gasteiger partial charge < -0.3 is 0 Å². The number of hydrogen-bond donors (Lipinski definition) is 0. The van der Waals surface area contributed by atoms with E-state index in [1.54, 1.807) is 0 Å². The van der Waals surface area contributed by atoms with E-state index in [-0.39, 0.29) is 5.78 Å². The third kappa shape index (κ3) is 3.77. The molecule has 0 bridgehead atoms.